The van der Waals surface area contributed by atoms with E-state index in [2.05, 4.69) is 30.7 Å². The lowest BCUT2D eigenvalue weighted by molar-refractivity contribution is 0.199. The summed E-state index contributed by atoms with van der Waals surface area (Å²) in [4.78, 5) is 24.7. The number of nitrogens with zero attached hydrogens (tertiary/aromatic N) is 5. The van der Waals surface area contributed by atoms with Crippen molar-refractivity contribution in [3.63, 3.8) is 0 Å². The molecule has 1 aliphatic carbocycles. The zero-order valence-corrected chi connectivity index (χ0v) is 15.3. The van der Waals surface area contributed by atoms with E-state index in [4.69, 9.17) is 4.74 Å². The molecular weight excluding hydrogens is 358 g/mol. The van der Waals surface area contributed by atoms with Gasteiger partial charge in [0, 0.05) is 18.3 Å². The second kappa shape index (κ2) is 8.47. The maximum Gasteiger partial charge on any atom is 0.319 e. The van der Waals surface area contributed by atoms with Crippen LogP contribution < -0.4 is 15.4 Å². The van der Waals surface area contributed by atoms with Gasteiger partial charge in [0.05, 0.1) is 11.9 Å². The summed E-state index contributed by atoms with van der Waals surface area (Å²) in [5, 5.41) is 9.60. The standard InChI is InChI=1S/C19H21N7O2/c27-19(25-15-7-8-17(22-11-15)26-13-20-12-24-26)23-10-14-4-3-9-21-18(14)28-16-5-1-2-6-16/h3-4,7-9,11-13,16H,1-2,5-6,10H2,(H2,23,25,27). The van der Waals surface area contributed by atoms with Gasteiger partial charge in [-0.2, -0.15) is 5.10 Å². The minimum absolute atomic E-state index is 0.219. The molecule has 2 N–H and O–H groups in total. The molecule has 2 amide bonds. The van der Waals surface area contributed by atoms with Crippen LogP contribution in [0.3, 0.4) is 0 Å². The first-order chi connectivity index (χ1) is 13.8. The Morgan fingerprint density at radius 1 is 1.21 bits per heavy atom. The van der Waals surface area contributed by atoms with E-state index in [-0.39, 0.29) is 12.1 Å². The summed E-state index contributed by atoms with van der Waals surface area (Å²) >= 11 is 0. The average Bonchev–Trinajstić information content (AvgIpc) is 3.42. The van der Waals surface area contributed by atoms with Crippen LogP contribution >= 0.6 is 0 Å². The SMILES string of the molecule is O=C(NCc1cccnc1OC1CCCC1)Nc1ccc(-n2cncn2)nc1. The highest BCUT2D eigenvalue weighted by molar-refractivity contribution is 5.89. The largest absolute Gasteiger partial charge is 0.474 e. The summed E-state index contributed by atoms with van der Waals surface area (Å²) in [5.41, 5.74) is 1.43. The van der Waals surface area contributed by atoms with Crippen LogP contribution in [0.15, 0.2) is 49.3 Å². The van der Waals surface area contributed by atoms with E-state index in [0.717, 1.165) is 18.4 Å². The molecule has 0 spiro atoms. The van der Waals surface area contributed by atoms with E-state index in [1.54, 1.807) is 30.9 Å². The summed E-state index contributed by atoms with van der Waals surface area (Å²) in [6.45, 7) is 0.326. The molecule has 1 aliphatic rings. The first kappa shape index (κ1) is 17.9. The Balaban J connectivity index is 1.32. The number of urea groups is 1. The van der Waals surface area contributed by atoms with Crippen molar-refractivity contribution in [2.75, 3.05) is 5.32 Å². The van der Waals surface area contributed by atoms with E-state index in [0.29, 0.717) is 23.9 Å². The summed E-state index contributed by atoms with van der Waals surface area (Å²) < 4.78 is 7.54. The zero-order chi connectivity index (χ0) is 19.2. The van der Waals surface area contributed by atoms with Crippen molar-refractivity contribution in [1.29, 1.82) is 0 Å². The second-order valence-electron chi connectivity index (χ2n) is 6.54. The third-order valence-corrected chi connectivity index (χ3v) is 4.53. The topological polar surface area (TPSA) is 107 Å². The van der Waals surface area contributed by atoms with Crippen LogP contribution in [0.5, 0.6) is 5.88 Å². The van der Waals surface area contributed by atoms with E-state index in [1.165, 1.54) is 23.9 Å². The maximum absolute atomic E-state index is 12.2. The first-order valence-electron chi connectivity index (χ1n) is 9.24. The summed E-state index contributed by atoms with van der Waals surface area (Å²) in [6, 6.07) is 6.92. The van der Waals surface area contributed by atoms with Crippen molar-refractivity contribution >= 4 is 11.7 Å². The molecule has 3 heterocycles. The Kier molecular flexibility index (Phi) is 5.41. The molecule has 144 valence electrons. The van der Waals surface area contributed by atoms with Gasteiger partial charge in [0.1, 0.15) is 18.8 Å². The Morgan fingerprint density at radius 3 is 2.86 bits per heavy atom. The molecule has 0 aromatic carbocycles. The molecule has 3 aromatic heterocycles. The van der Waals surface area contributed by atoms with Crippen molar-refractivity contribution in [2.45, 2.75) is 38.3 Å². The van der Waals surface area contributed by atoms with Gasteiger partial charge in [-0.25, -0.2) is 24.4 Å². The summed E-state index contributed by atoms with van der Waals surface area (Å²) in [7, 11) is 0. The number of hydrogen-bond donors (Lipinski definition) is 2. The predicted molar refractivity (Wildman–Crippen MR) is 102 cm³/mol. The molecule has 28 heavy (non-hydrogen) atoms. The van der Waals surface area contributed by atoms with Crippen LogP contribution in [0, 0.1) is 0 Å². The normalized spacial score (nSPS) is 14.0. The van der Waals surface area contributed by atoms with Crippen molar-refractivity contribution in [2.24, 2.45) is 0 Å². The van der Waals surface area contributed by atoms with Crippen LogP contribution in [0.1, 0.15) is 31.2 Å². The summed E-state index contributed by atoms with van der Waals surface area (Å²) in [5.74, 6) is 1.21. The van der Waals surface area contributed by atoms with Gasteiger partial charge in [-0.05, 0) is 43.9 Å². The number of amides is 2. The second-order valence-corrected chi connectivity index (χ2v) is 6.54. The van der Waals surface area contributed by atoms with Crippen molar-refractivity contribution in [3.05, 3.63) is 54.9 Å². The van der Waals surface area contributed by atoms with Crippen LogP contribution in [0.25, 0.3) is 5.82 Å². The molecule has 4 rings (SSSR count). The van der Waals surface area contributed by atoms with Crippen LogP contribution in [-0.4, -0.2) is 36.9 Å². The number of carbonyl (C=O) groups excluding carboxylic acids is 1. The van der Waals surface area contributed by atoms with Crippen LogP contribution in [0.4, 0.5) is 10.5 Å². The number of anilines is 1. The molecule has 0 radical (unpaired) electrons. The molecule has 9 nitrogen and oxygen atoms in total. The van der Waals surface area contributed by atoms with E-state index in [1.807, 2.05) is 12.1 Å². The monoisotopic (exact) mass is 379 g/mol. The van der Waals surface area contributed by atoms with Gasteiger partial charge in [0.25, 0.3) is 0 Å². The Bertz CT molecular complexity index is 906. The fourth-order valence-electron chi connectivity index (χ4n) is 3.10. The molecular formula is C19H21N7O2. The van der Waals surface area contributed by atoms with Gasteiger partial charge in [-0.3, -0.25) is 0 Å². The molecule has 0 bridgehead atoms. The quantitative estimate of drug-likeness (QED) is 0.682. The van der Waals surface area contributed by atoms with E-state index >= 15 is 0 Å². The number of rotatable bonds is 6. The maximum atomic E-state index is 12.2. The molecule has 0 aliphatic heterocycles. The molecule has 0 saturated heterocycles. The fraction of sp³-hybridized carbons (Fsp3) is 0.316. The lowest BCUT2D eigenvalue weighted by Crippen LogP contribution is -2.28. The number of aromatic nitrogens is 5. The predicted octanol–water partition coefficient (Wildman–Crippen LogP) is 2.70. The molecule has 9 heteroatoms. The highest BCUT2D eigenvalue weighted by Gasteiger charge is 2.18. The number of ether oxygens (including phenoxy) is 1. The minimum atomic E-state index is -0.328. The Labute approximate surface area is 162 Å². The number of nitrogens with one attached hydrogen (secondary N) is 2. The third kappa shape index (κ3) is 4.43. The van der Waals surface area contributed by atoms with E-state index in [9.17, 15) is 4.79 Å². The van der Waals surface area contributed by atoms with Crippen molar-refractivity contribution < 1.29 is 9.53 Å². The van der Waals surface area contributed by atoms with Crippen molar-refractivity contribution in [3.8, 4) is 11.7 Å². The van der Waals surface area contributed by atoms with Gasteiger partial charge >= 0.3 is 6.03 Å². The lowest BCUT2D eigenvalue weighted by atomic mass is 10.2. The van der Waals surface area contributed by atoms with Crippen LogP contribution in [-0.2, 0) is 6.54 Å². The highest BCUT2D eigenvalue weighted by Crippen LogP contribution is 2.24. The Morgan fingerprint density at radius 2 is 2.11 bits per heavy atom. The van der Waals surface area contributed by atoms with Gasteiger partial charge in [-0.1, -0.05) is 6.07 Å². The first-order valence-corrected chi connectivity index (χ1v) is 9.24. The number of carbonyl (C=O) groups is 1. The third-order valence-electron chi connectivity index (χ3n) is 4.53. The van der Waals surface area contributed by atoms with Gasteiger partial charge in [0.15, 0.2) is 5.82 Å². The van der Waals surface area contributed by atoms with E-state index < -0.39 is 0 Å². The average molecular weight is 379 g/mol. The molecule has 1 fully saturated rings. The van der Waals surface area contributed by atoms with Crippen LogP contribution in [0.2, 0.25) is 0 Å². The van der Waals surface area contributed by atoms with Crippen molar-refractivity contribution in [1.82, 2.24) is 30.0 Å². The number of pyridine rings is 2. The van der Waals surface area contributed by atoms with Gasteiger partial charge in [0.2, 0.25) is 5.88 Å². The smallest absolute Gasteiger partial charge is 0.319 e. The van der Waals surface area contributed by atoms with Gasteiger partial charge in [-0.15, -0.1) is 0 Å². The Hall–Kier alpha value is -3.49. The molecule has 0 atom stereocenters. The molecule has 0 unspecified atom stereocenters. The zero-order valence-electron chi connectivity index (χ0n) is 15.3. The minimum Gasteiger partial charge on any atom is -0.474 e. The molecule has 1 saturated carbocycles. The van der Waals surface area contributed by atoms with Gasteiger partial charge < -0.3 is 15.4 Å². The highest BCUT2D eigenvalue weighted by atomic mass is 16.5. The molecule has 3 aromatic rings. The lowest BCUT2D eigenvalue weighted by Gasteiger charge is -2.15. The summed E-state index contributed by atoms with van der Waals surface area (Å²) in [6.07, 6.45) is 11.0. The fourth-order valence-corrected chi connectivity index (χ4v) is 3.10. The number of hydrogen-bond acceptors (Lipinski definition) is 6.